The minimum Gasteiger partial charge on any atom is -0.393 e. The van der Waals surface area contributed by atoms with E-state index in [4.69, 9.17) is 11.6 Å². The van der Waals surface area contributed by atoms with E-state index in [1.165, 1.54) is 6.33 Å². The molecule has 1 aliphatic carbocycles. The van der Waals surface area contributed by atoms with Gasteiger partial charge in [-0.1, -0.05) is 30.7 Å². The van der Waals surface area contributed by atoms with E-state index < -0.39 is 0 Å². The normalized spacial score (nSPS) is 23.7. The monoisotopic (exact) mass is 343 g/mol. The molecule has 3 atom stereocenters. The molecule has 0 amide bonds. The lowest BCUT2D eigenvalue weighted by atomic mass is 10.1. The average Bonchev–Trinajstić information content (AvgIpc) is 3.12. The molecule has 0 unspecified atom stereocenters. The van der Waals surface area contributed by atoms with E-state index in [1.807, 2.05) is 24.3 Å². The number of rotatable bonds is 3. The Morgan fingerprint density at radius 3 is 2.83 bits per heavy atom. The number of aliphatic hydroxyl groups excluding tert-OH is 1. The Labute approximate surface area is 144 Å². The van der Waals surface area contributed by atoms with E-state index >= 15 is 0 Å². The average molecular weight is 344 g/mol. The van der Waals surface area contributed by atoms with Gasteiger partial charge in [0.15, 0.2) is 11.5 Å². The van der Waals surface area contributed by atoms with Crippen LogP contribution >= 0.6 is 11.6 Å². The maximum absolute atomic E-state index is 9.94. The van der Waals surface area contributed by atoms with Gasteiger partial charge in [-0.2, -0.15) is 0 Å². The Morgan fingerprint density at radius 1 is 1.25 bits per heavy atom. The van der Waals surface area contributed by atoms with Gasteiger partial charge in [0.1, 0.15) is 17.7 Å². The summed E-state index contributed by atoms with van der Waals surface area (Å²) in [6, 6.07) is 7.74. The second-order valence-electron chi connectivity index (χ2n) is 6.34. The molecule has 0 aliphatic heterocycles. The Hall–Kier alpha value is -2.18. The van der Waals surface area contributed by atoms with Crippen molar-refractivity contribution in [2.24, 2.45) is 5.92 Å². The molecule has 0 spiro atoms. The van der Waals surface area contributed by atoms with Gasteiger partial charge in [-0.3, -0.25) is 0 Å². The van der Waals surface area contributed by atoms with Crippen molar-refractivity contribution in [3.8, 4) is 11.4 Å². The number of H-pyrrole nitrogens is 1. The Morgan fingerprint density at radius 2 is 2.08 bits per heavy atom. The SMILES string of the molecule is C[C@H]1C[C@@H](Nc2ncnc3nc(-c4ccccc4Cl)[nH]c23)C[C@H]1O. The van der Waals surface area contributed by atoms with Gasteiger partial charge in [-0.25, -0.2) is 15.0 Å². The van der Waals surface area contributed by atoms with Crippen molar-refractivity contribution in [2.75, 3.05) is 5.32 Å². The highest BCUT2D eigenvalue weighted by molar-refractivity contribution is 6.33. The third kappa shape index (κ3) is 2.72. The number of benzene rings is 1. The summed E-state index contributed by atoms with van der Waals surface area (Å²) in [4.78, 5) is 16.4. The first-order chi connectivity index (χ1) is 11.6. The highest BCUT2D eigenvalue weighted by Crippen LogP contribution is 2.31. The van der Waals surface area contributed by atoms with Gasteiger partial charge in [0.25, 0.3) is 0 Å². The topological polar surface area (TPSA) is 86.7 Å². The van der Waals surface area contributed by atoms with Crippen molar-refractivity contribution in [3.63, 3.8) is 0 Å². The lowest BCUT2D eigenvalue weighted by molar-refractivity contribution is 0.141. The first kappa shape index (κ1) is 15.4. The zero-order valence-corrected chi connectivity index (χ0v) is 14.0. The minimum atomic E-state index is -0.264. The van der Waals surface area contributed by atoms with Crippen LogP contribution in [0.25, 0.3) is 22.6 Å². The number of aromatic amines is 1. The zero-order valence-electron chi connectivity index (χ0n) is 13.2. The van der Waals surface area contributed by atoms with Crippen LogP contribution in [0.4, 0.5) is 5.82 Å². The highest BCUT2D eigenvalue weighted by Gasteiger charge is 2.30. The van der Waals surface area contributed by atoms with Gasteiger partial charge >= 0.3 is 0 Å². The summed E-state index contributed by atoms with van der Waals surface area (Å²) >= 11 is 6.26. The molecule has 0 bridgehead atoms. The third-order valence-corrected chi connectivity index (χ3v) is 4.93. The fourth-order valence-electron chi connectivity index (χ4n) is 3.26. The summed E-state index contributed by atoms with van der Waals surface area (Å²) < 4.78 is 0. The maximum Gasteiger partial charge on any atom is 0.183 e. The molecule has 24 heavy (non-hydrogen) atoms. The number of imidazole rings is 1. The molecule has 4 rings (SSSR count). The maximum atomic E-state index is 9.94. The predicted molar refractivity (Wildman–Crippen MR) is 93.9 cm³/mol. The van der Waals surface area contributed by atoms with E-state index in [2.05, 4.69) is 32.2 Å². The summed E-state index contributed by atoms with van der Waals surface area (Å²) in [6.07, 6.45) is 2.87. The highest BCUT2D eigenvalue weighted by atomic mass is 35.5. The van der Waals surface area contributed by atoms with Gasteiger partial charge in [-0.05, 0) is 30.9 Å². The Bertz CT molecular complexity index is 870. The number of aromatic nitrogens is 4. The molecule has 0 radical (unpaired) electrons. The first-order valence-electron chi connectivity index (χ1n) is 8.02. The molecule has 7 heteroatoms. The summed E-state index contributed by atoms with van der Waals surface area (Å²) in [5.41, 5.74) is 2.17. The van der Waals surface area contributed by atoms with Crippen LogP contribution in [0.3, 0.4) is 0 Å². The lowest BCUT2D eigenvalue weighted by Crippen LogP contribution is -2.17. The Kier molecular flexibility index (Phi) is 3.86. The predicted octanol–water partition coefficient (Wildman–Crippen LogP) is 3.24. The van der Waals surface area contributed by atoms with Crippen LogP contribution in [0.1, 0.15) is 19.8 Å². The van der Waals surface area contributed by atoms with E-state index in [1.54, 1.807) is 0 Å². The smallest absolute Gasteiger partial charge is 0.183 e. The molecule has 1 aromatic carbocycles. The van der Waals surface area contributed by atoms with Gasteiger partial charge in [-0.15, -0.1) is 0 Å². The van der Waals surface area contributed by atoms with Crippen LogP contribution in [-0.4, -0.2) is 37.2 Å². The second kappa shape index (κ2) is 6.03. The number of nitrogens with zero attached hydrogens (tertiary/aromatic N) is 3. The van der Waals surface area contributed by atoms with Gasteiger partial charge in [0, 0.05) is 11.6 Å². The number of halogens is 1. The van der Waals surface area contributed by atoms with Crippen LogP contribution in [0.5, 0.6) is 0 Å². The fraction of sp³-hybridized carbons (Fsp3) is 0.353. The largest absolute Gasteiger partial charge is 0.393 e. The Balaban J connectivity index is 1.69. The molecular formula is C17H18ClN5O. The summed E-state index contributed by atoms with van der Waals surface area (Å²) in [5.74, 6) is 1.66. The van der Waals surface area contributed by atoms with Gasteiger partial charge in [0.2, 0.25) is 0 Å². The third-order valence-electron chi connectivity index (χ3n) is 4.60. The molecule has 2 heterocycles. The van der Waals surface area contributed by atoms with Crippen LogP contribution in [-0.2, 0) is 0 Å². The van der Waals surface area contributed by atoms with E-state index in [-0.39, 0.29) is 12.1 Å². The van der Waals surface area contributed by atoms with Crippen molar-refractivity contribution < 1.29 is 5.11 Å². The molecular weight excluding hydrogens is 326 g/mol. The molecule has 0 saturated heterocycles. The molecule has 6 nitrogen and oxygen atoms in total. The number of nitrogens with one attached hydrogen (secondary N) is 2. The summed E-state index contributed by atoms with van der Waals surface area (Å²) in [7, 11) is 0. The van der Waals surface area contributed by atoms with E-state index in [0.29, 0.717) is 28.2 Å². The molecule has 3 aromatic rings. The lowest BCUT2D eigenvalue weighted by Gasteiger charge is -2.12. The molecule has 3 N–H and O–H groups in total. The van der Waals surface area contributed by atoms with E-state index in [9.17, 15) is 5.11 Å². The van der Waals surface area contributed by atoms with Crippen molar-refractivity contribution in [2.45, 2.75) is 31.9 Å². The van der Waals surface area contributed by atoms with Crippen LogP contribution in [0, 0.1) is 5.92 Å². The second-order valence-corrected chi connectivity index (χ2v) is 6.75. The number of fused-ring (bicyclic) bond motifs is 1. The summed E-state index contributed by atoms with van der Waals surface area (Å²) in [5, 5.41) is 14.0. The van der Waals surface area contributed by atoms with Crippen molar-refractivity contribution in [1.29, 1.82) is 0 Å². The fourth-order valence-corrected chi connectivity index (χ4v) is 3.48. The van der Waals surface area contributed by atoms with Crippen LogP contribution in [0.2, 0.25) is 5.02 Å². The zero-order chi connectivity index (χ0) is 16.7. The molecule has 1 fully saturated rings. The van der Waals surface area contributed by atoms with Crippen molar-refractivity contribution in [1.82, 2.24) is 19.9 Å². The number of hydrogen-bond donors (Lipinski definition) is 3. The standard InChI is InChI=1S/C17H18ClN5O/c1-9-6-10(7-13(9)24)21-16-14-17(20-8-19-16)23-15(22-14)11-4-2-3-5-12(11)18/h2-5,8-10,13,24H,6-7H2,1H3,(H2,19,20,21,22,23)/t9-,10+,13+/m0/s1. The van der Waals surface area contributed by atoms with E-state index in [0.717, 1.165) is 23.9 Å². The number of hydrogen-bond acceptors (Lipinski definition) is 5. The van der Waals surface area contributed by atoms with Crippen molar-refractivity contribution in [3.05, 3.63) is 35.6 Å². The molecule has 1 aliphatic rings. The van der Waals surface area contributed by atoms with Crippen LogP contribution < -0.4 is 5.32 Å². The van der Waals surface area contributed by atoms with Crippen LogP contribution in [0.15, 0.2) is 30.6 Å². The molecule has 124 valence electrons. The molecule has 1 saturated carbocycles. The first-order valence-corrected chi connectivity index (χ1v) is 8.40. The quantitative estimate of drug-likeness (QED) is 0.679. The minimum absolute atomic E-state index is 0.195. The number of anilines is 1. The van der Waals surface area contributed by atoms with Gasteiger partial charge < -0.3 is 15.4 Å². The molecule has 2 aromatic heterocycles. The van der Waals surface area contributed by atoms with Gasteiger partial charge in [0.05, 0.1) is 11.1 Å². The number of aliphatic hydroxyl groups is 1. The summed E-state index contributed by atoms with van der Waals surface area (Å²) in [6.45, 7) is 2.06. The van der Waals surface area contributed by atoms with Crippen molar-refractivity contribution >= 4 is 28.6 Å².